The molecule has 0 aliphatic carbocycles. The molecule has 0 spiro atoms. The van der Waals surface area contributed by atoms with Crippen molar-refractivity contribution < 1.29 is 4.79 Å². The molecule has 0 aromatic rings. The van der Waals surface area contributed by atoms with Gasteiger partial charge in [-0.05, 0) is 51.2 Å². The maximum Gasteiger partial charge on any atom is 0.220 e. The Morgan fingerprint density at radius 3 is 2.74 bits per heavy atom. The lowest BCUT2D eigenvalue weighted by molar-refractivity contribution is -0.121. The van der Waals surface area contributed by atoms with Crippen LogP contribution in [0.4, 0.5) is 0 Å². The summed E-state index contributed by atoms with van der Waals surface area (Å²) >= 11 is 0. The van der Waals surface area contributed by atoms with E-state index in [1.54, 1.807) is 0 Å². The summed E-state index contributed by atoms with van der Waals surface area (Å²) in [5.74, 6) is 0.184. The maximum atomic E-state index is 11.9. The summed E-state index contributed by atoms with van der Waals surface area (Å²) < 4.78 is 0. The average molecular weight is 269 g/mol. The first-order valence-corrected chi connectivity index (χ1v) is 7.61. The zero-order chi connectivity index (χ0) is 14.3. The Labute approximate surface area is 118 Å². The SMILES string of the molecule is CN1CCCCC1CNC(=O)CCC(C)(C)CCN. The van der Waals surface area contributed by atoms with Gasteiger partial charge < -0.3 is 16.0 Å². The number of piperidine rings is 1. The third-order valence-corrected chi connectivity index (χ3v) is 4.31. The number of likely N-dealkylation sites (N-methyl/N-ethyl adjacent to an activating group) is 1. The average Bonchev–Trinajstić information content (AvgIpc) is 2.35. The quantitative estimate of drug-likeness (QED) is 0.740. The van der Waals surface area contributed by atoms with E-state index in [9.17, 15) is 4.79 Å². The fourth-order valence-electron chi connectivity index (χ4n) is 2.69. The molecule has 0 aromatic carbocycles. The first kappa shape index (κ1) is 16.4. The van der Waals surface area contributed by atoms with Gasteiger partial charge in [0.25, 0.3) is 0 Å². The Morgan fingerprint density at radius 1 is 1.37 bits per heavy atom. The Bertz CT molecular complexity index is 279. The summed E-state index contributed by atoms with van der Waals surface area (Å²) in [7, 11) is 2.15. The number of carbonyl (C=O) groups is 1. The number of rotatable bonds is 7. The molecule has 1 atom stereocenters. The lowest BCUT2D eigenvalue weighted by atomic mass is 9.84. The highest BCUT2D eigenvalue weighted by Gasteiger charge is 2.21. The van der Waals surface area contributed by atoms with E-state index in [1.807, 2.05) is 0 Å². The van der Waals surface area contributed by atoms with Crippen molar-refractivity contribution in [2.75, 3.05) is 26.7 Å². The molecule has 1 rings (SSSR count). The number of likely N-dealkylation sites (tertiary alicyclic amines) is 1. The number of hydrogen-bond donors (Lipinski definition) is 2. The molecular formula is C15H31N3O. The van der Waals surface area contributed by atoms with Gasteiger partial charge in [-0.3, -0.25) is 4.79 Å². The summed E-state index contributed by atoms with van der Waals surface area (Å²) in [6.07, 6.45) is 6.28. The highest BCUT2D eigenvalue weighted by atomic mass is 16.1. The van der Waals surface area contributed by atoms with Crippen molar-refractivity contribution in [1.29, 1.82) is 0 Å². The maximum absolute atomic E-state index is 11.9. The number of amides is 1. The van der Waals surface area contributed by atoms with E-state index in [0.29, 0.717) is 19.0 Å². The topological polar surface area (TPSA) is 58.4 Å². The molecule has 0 radical (unpaired) electrons. The Balaban J connectivity index is 2.20. The fourth-order valence-corrected chi connectivity index (χ4v) is 2.69. The van der Waals surface area contributed by atoms with Gasteiger partial charge in [-0.2, -0.15) is 0 Å². The number of hydrogen-bond acceptors (Lipinski definition) is 3. The van der Waals surface area contributed by atoms with E-state index in [1.165, 1.54) is 19.3 Å². The van der Waals surface area contributed by atoms with Crippen LogP contribution < -0.4 is 11.1 Å². The lowest BCUT2D eigenvalue weighted by Crippen LogP contribution is -2.44. The van der Waals surface area contributed by atoms with Crippen LogP contribution in [0.1, 0.15) is 52.4 Å². The highest BCUT2D eigenvalue weighted by molar-refractivity contribution is 5.75. The molecular weight excluding hydrogens is 238 g/mol. The summed E-state index contributed by atoms with van der Waals surface area (Å²) in [4.78, 5) is 14.2. The van der Waals surface area contributed by atoms with Gasteiger partial charge in [-0.1, -0.05) is 20.3 Å². The summed E-state index contributed by atoms with van der Waals surface area (Å²) in [5.41, 5.74) is 5.76. The zero-order valence-corrected chi connectivity index (χ0v) is 12.9. The third-order valence-electron chi connectivity index (χ3n) is 4.31. The van der Waals surface area contributed by atoms with E-state index in [2.05, 4.69) is 31.1 Å². The van der Waals surface area contributed by atoms with Crippen LogP contribution in [0.5, 0.6) is 0 Å². The molecule has 4 heteroatoms. The molecule has 1 amide bonds. The van der Waals surface area contributed by atoms with Gasteiger partial charge in [0.1, 0.15) is 0 Å². The predicted molar refractivity (Wildman–Crippen MR) is 80.0 cm³/mol. The minimum atomic E-state index is 0.174. The van der Waals surface area contributed by atoms with Crippen LogP contribution in [0.25, 0.3) is 0 Å². The van der Waals surface area contributed by atoms with Crippen molar-refractivity contribution in [2.24, 2.45) is 11.1 Å². The molecule has 1 aliphatic heterocycles. The van der Waals surface area contributed by atoms with E-state index in [0.717, 1.165) is 25.9 Å². The second-order valence-corrected chi connectivity index (χ2v) is 6.64. The molecule has 0 saturated carbocycles. The van der Waals surface area contributed by atoms with Gasteiger partial charge >= 0.3 is 0 Å². The molecule has 19 heavy (non-hydrogen) atoms. The normalized spacial score (nSPS) is 21.4. The molecule has 1 aliphatic rings. The van der Waals surface area contributed by atoms with Gasteiger partial charge in [0.2, 0.25) is 5.91 Å². The highest BCUT2D eigenvalue weighted by Crippen LogP contribution is 2.25. The smallest absolute Gasteiger partial charge is 0.220 e. The van der Waals surface area contributed by atoms with Crippen LogP contribution in [-0.2, 0) is 4.79 Å². The van der Waals surface area contributed by atoms with Crippen molar-refractivity contribution in [1.82, 2.24) is 10.2 Å². The minimum absolute atomic E-state index is 0.174. The third kappa shape index (κ3) is 6.39. The van der Waals surface area contributed by atoms with E-state index < -0.39 is 0 Å². The summed E-state index contributed by atoms with van der Waals surface area (Å²) in [5, 5.41) is 3.09. The largest absolute Gasteiger partial charge is 0.355 e. The first-order valence-electron chi connectivity index (χ1n) is 7.61. The molecule has 4 nitrogen and oxygen atoms in total. The van der Waals surface area contributed by atoms with E-state index in [4.69, 9.17) is 5.73 Å². The van der Waals surface area contributed by atoms with Crippen molar-refractivity contribution in [3.05, 3.63) is 0 Å². The minimum Gasteiger partial charge on any atom is -0.355 e. The van der Waals surface area contributed by atoms with Crippen molar-refractivity contribution in [3.63, 3.8) is 0 Å². The Hall–Kier alpha value is -0.610. The summed E-state index contributed by atoms with van der Waals surface area (Å²) in [6, 6.07) is 0.523. The Kier molecular flexibility index (Phi) is 6.80. The van der Waals surface area contributed by atoms with Crippen LogP contribution in [0, 0.1) is 5.41 Å². The van der Waals surface area contributed by atoms with E-state index >= 15 is 0 Å². The van der Waals surface area contributed by atoms with Crippen LogP contribution in [0.3, 0.4) is 0 Å². The number of nitrogens with one attached hydrogen (secondary N) is 1. The van der Waals surface area contributed by atoms with Gasteiger partial charge in [-0.25, -0.2) is 0 Å². The first-order chi connectivity index (χ1) is 8.94. The standard InChI is InChI=1S/C15H31N3O/c1-15(2,9-10-16)8-7-14(19)17-12-13-6-4-5-11-18(13)3/h13H,4-12,16H2,1-3H3,(H,17,19). The van der Waals surface area contributed by atoms with Crippen LogP contribution >= 0.6 is 0 Å². The molecule has 0 aromatic heterocycles. The van der Waals surface area contributed by atoms with Gasteiger partial charge in [0.15, 0.2) is 0 Å². The van der Waals surface area contributed by atoms with Crippen molar-refractivity contribution >= 4 is 5.91 Å². The zero-order valence-electron chi connectivity index (χ0n) is 12.9. The number of nitrogens with two attached hydrogens (primary N) is 1. The molecule has 1 saturated heterocycles. The molecule has 112 valence electrons. The van der Waals surface area contributed by atoms with Gasteiger partial charge in [0, 0.05) is 19.0 Å². The lowest BCUT2D eigenvalue weighted by Gasteiger charge is -2.32. The van der Waals surface area contributed by atoms with Crippen LogP contribution in [0.2, 0.25) is 0 Å². The second-order valence-electron chi connectivity index (χ2n) is 6.64. The van der Waals surface area contributed by atoms with Crippen LogP contribution in [-0.4, -0.2) is 43.5 Å². The number of carbonyl (C=O) groups excluding carboxylic acids is 1. The van der Waals surface area contributed by atoms with Gasteiger partial charge in [0.05, 0.1) is 0 Å². The monoisotopic (exact) mass is 269 g/mol. The van der Waals surface area contributed by atoms with Crippen LogP contribution in [0.15, 0.2) is 0 Å². The van der Waals surface area contributed by atoms with Gasteiger partial charge in [-0.15, -0.1) is 0 Å². The molecule has 1 heterocycles. The Morgan fingerprint density at radius 2 is 2.11 bits per heavy atom. The summed E-state index contributed by atoms with van der Waals surface area (Å²) in [6.45, 7) is 7.02. The van der Waals surface area contributed by atoms with Crippen molar-refractivity contribution in [2.45, 2.75) is 58.4 Å². The predicted octanol–water partition coefficient (Wildman–Crippen LogP) is 1.74. The fraction of sp³-hybridized carbons (Fsp3) is 0.933. The van der Waals surface area contributed by atoms with E-state index in [-0.39, 0.29) is 11.3 Å². The van der Waals surface area contributed by atoms with Crippen molar-refractivity contribution in [3.8, 4) is 0 Å². The molecule has 1 unspecified atom stereocenters. The second kappa shape index (κ2) is 7.85. The molecule has 1 fully saturated rings. The molecule has 0 bridgehead atoms. The number of nitrogens with zero attached hydrogens (tertiary/aromatic N) is 1. The molecule has 3 N–H and O–H groups in total.